The molecule has 1 aliphatic rings. The molecule has 0 radical (unpaired) electrons. The van der Waals surface area contributed by atoms with Crippen molar-refractivity contribution in [2.24, 2.45) is 0 Å². The second kappa shape index (κ2) is 9.58. The molecule has 4 N–H and O–H groups in total. The van der Waals surface area contributed by atoms with Crippen molar-refractivity contribution in [2.75, 3.05) is 18.6 Å². The molecule has 2 unspecified atom stereocenters. The predicted molar refractivity (Wildman–Crippen MR) is 99.5 cm³/mol. The Morgan fingerprint density at radius 3 is 2.54 bits per heavy atom. The zero-order valence-corrected chi connectivity index (χ0v) is 15.7. The average molecular weight is 392 g/mol. The maximum absolute atomic E-state index is 12.4. The number of aromatic carboxylic acids is 1. The molecule has 2 atom stereocenters. The van der Waals surface area contributed by atoms with Crippen LogP contribution in [0.4, 0.5) is 10.5 Å². The molecule has 3 amide bonds. The topological polar surface area (TPSA) is 137 Å². The zero-order chi connectivity index (χ0) is 20.7. The van der Waals surface area contributed by atoms with Gasteiger partial charge < -0.3 is 20.1 Å². The monoisotopic (exact) mass is 392 g/mol. The lowest BCUT2D eigenvalue weighted by Gasteiger charge is -2.25. The van der Waals surface area contributed by atoms with Crippen LogP contribution in [-0.4, -0.2) is 59.1 Å². The van der Waals surface area contributed by atoms with E-state index in [2.05, 4.69) is 16.2 Å². The van der Waals surface area contributed by atoms with Gasteiger partial charge >= 0.3 is 18.0 Å². The Bertz CT molecular complexity index is 736. The number of ether oxygens (including phenoxy) is 1. The second-order valence-corrected chi connectivity index (χ2v) is 6.27. The van der Waals surface area contributed by atoms with Crippen molar-refractivity contribution in [3.8, 4) is 0 Å². The van der Waals surface area contributed by atoms with Crippen LogP contribution in [0.5, 0.6) is 0 Å². The van der Waals surface area contributed by atoms with E-state index in [4.69, 9.17) is 9.84 Å². The summed E-state index contributed by atoms with van der Waals surface area (Å²) in [6.07, 6.45) is 1.15. The van der Waals surface area contributed by atoms with Crippen molar-refractivity contribution in [2.45, 2.75) is 38.8 Å². The molecule has 28 heavy (non-hydrogen) atoms. The number of urea groups is 1. The Labute approximate surface area is 162 Å². The highest BCUT2D eigenvalue weighted by Gasteiger charge is 2.35. The maximum Gasteiger partial charge on any atom is 0.335 e. The number of likely N-dealkylation sites (tertiary alicyclic amines) is 1. The summed E-state index contributed by atoms with van der Waals surface area (Å²) >= 11 is 0. The van der Waals surface area contributed by atoms with E-state index in [0.29, 0.717) is 25.1 Å². The van der Waals surface area contributed by atoms with Crippen LogP contribution in [0.2, 0.25) is 0 Å². The Morgan fingerprint density at radius 1 is 1.25 bits per heavy atom. The van der Waals surface area contributed by atoms with Gasteiger partial charge in [0, 0.05) is 6.54 Å². The van der Waals surface area contributed by atoms with E-state index >= 15 is 0 Å². The highest BCUT2D eigenvalue weighted by atomic mass is 16.5. The normalized spacial score (nSPS) is 16.8. The van der Waals surface area contributed by atoms with E-state index in [1.807, 2.05) is 0 Å². The fraction of sp³-hybridized carbons (Fsp3) is 0.444. The first-order valence-corrected chi connectivity index (χ1v) is 8.96. The van der Waals surface area contributed by atoms with E-state index in [-0.39, 0.29) is 12.2 Å². The van der Waals surface area contributed by atoms with Gasteiger partial charge in [-0.15, -0.1) is 0 Å². The number of rotatable bonds is 7. The minimum Gasteiger partial charge on any atom is -0.478 e. The van der Waals surface area contributed by atoms with E-state index in [0.717, 1.165) is 0 Å². The molecular weight excluding hydrogens is 368 g/mol. The molecule has 2 rings (SSSR count). The Kier molecular flexibility index (Phi) is 7.19. The number of amides is 3. The average Bonchev–Trinajstić information content (AvgIpc) is 3.16. The molecule has 0 aromatic heterocycles. The molecule has 1 saturated heterocycles. The number of carboxylic acid groups (broad SMARTS) is 1. The van der Waals surface area contributed by atoms with Gasteiger partial charge in [0.2, 0.25) is 0 Å². The van der Waals surface area contributed by atoms with Crippen LogP contribution in [0.3, 0.4) is 0 Å². The number of nitrogens with one attached hydrogen (secondary N) is 3. The number of carbonyl (C=O) groups excluding carboxylic acids is 3. The largest absolute Gasteiger partial charge is 0.478 e. The van der Waals surface area contributed by atoms with Gasteiger partial charge in [-0.3, -0.25) is 15.6 Å². The molecule has 0 bridgehead atoms. The summed E-state index contributed by atoms with van der Waals surface area (Å²) in [6, 6.07) is 3.84. The molecule has 10 nitrogen and oxygen atoms in total. The molecule has 1 aliphatic heterocycles. The van der Waals surface area contributed by atoms with Crippen LogP contribution in [0.25, 0.3) is 0 Å². The molecule has 1 heterocycles. The minimum absolute atomic E-state index is 0.131. The summed E-state index contributed by atoms with van der Waals surface area (Å²) in [4.78, 5) is 48.7. The minimum atomic E-state index is -1.04. The zero-order valence-electron chi connectivity index (χ0n) is 15.7. The van der Waals surface area contributed by atoms with Gasteiger partial charge in [-0.05, 0) is 51.0 Å². The molecule has 0 aliphatic carbocycles. The van der Waals surface area contributed by atoms with Crippen LogP contribution >= 0.6 is 0 Å². The quantitative estimate of drug-likeness (QED) is 0.400. The highest BCUT2D eigenvalue weighted by Crippen LogP contribution is 2.18. The number of carboxylic acids is 1. The summed E-state index contributed by atoms with van der Waals surface area (Å²) in [5, 5.41) is 11.4. The lowest BCUT2D eigenvalue weighted by Crippen LogP contribution is -2.53. The van der Waals surface area contributed by atoms with Crippen LogP contribution < -0.4 is 16.2 Å². The SMILES string of the molecule is CCOC(=O)C(C)NC(=O)N1CCCC1C(=O)NNc1ccc(C(=O)O)cc1. The van der Waals surface area contributed by atoms with E-state index in [1.165, 1.54) is 36.1 Å². The Morgan fingerprint density at radius 2 is 1.93 bits per heavy atom. The highest BCUT2D eigenvalue weighted by molar-refractivity contribution is 5.90. The third-order valence-electron chi connectivity index (χ3n) is 4.26. The molecule has 0 spiro atoms. The van der Waals surface area contributed by atoms with Crippen LogP contribution in [-0.2, 0) is 14.3 Å². The third-order valence-corrected chi connectivity index (χ3v) is 4.26. The molecule has 1 fully saturated rings. The van der Waals surface area contributed by atoms with Gasteiger partial charge in [0.25, 0.3) is 5.91 Å². The fourth-order valence-electron chi connectivity index (χ4n) is 2.79. The first kappa shape index (κ1) is 21.0. The Hall–Kier alpha value is -3.30. The number of nitrogens with zero attached hydrogens (tertiary/aromatic N) is 1. The number of esters is 1. The van der Waals surface area contributed by atoms with Gasteiger partial charge in [0.1, 0.15) is 12.1 Å². The number of benzene rings is 1. The van der Waals surface area contributed by atoms with Crippen molar-refractivity contribution in [1.82, 2.24) is 15.6 Å². The van der Waals surface area contributed by atoms with Gasteiger partial charge in [0.15, 0.2) is 0 Å². The number of hydrazine groups is 1. The smallest absolute Gasteiger partial charge is 0.335 e. The number of carbonyl (C=O) groups is 4. The third kappa shape index (κ3) is 5.35. The summed E-state index contributed by atoms with van der Waals surface area (Å²) in [5.74, 6) is -1.98. The fourth-order valence-corrected chi connectivity index (χ4v) is 2.79. The molecule has 1 aromatic rings. The van der Waals surface area contributed by atoms with Crippen molar-refractivity contribution in [1.29, 1.82) is 0 Å². The molecule has 0 saturated carbocycles. The van der Waals surface area contributed by atoms with Gasteiger partial charge in [-0.25, -0.2) is 14.4 Å². The van der Waals surface area contributed by atoms with Crippen LogP contribution in [0.1, 0.15) is 37.0 Å². The lowest BCUT2D eigenvalue weighted by molar-refractivity contribution is -0.144. The predicted octanol–water partition coefficient (Wildman–Crippen LogP) is 0.954. The van der Waals surface area contributed by atoms with E-state index < -0.39 is 36.0 Å². The van der Waals surface area contributed by atoms with Crippen molar-refractivity contribution >= 4 is 29.6 Å². The Balaban J connectivity index is 1.90. The van der Waals surface area contributed by atoms with E-state index in [9.17, 15) is 19.2 Å². The summed E-state index contributed by atoms with van der Waals surface area (Å²) in [6.45, 7) is 3.80. The summed E-state index contributed by atoms with van der Waals surface area (Å²) in [7, 11) is 0. The number of anilines is 1. The van der Waals surface area contributed by atoms with Crippen molar-refractivity contribution < 1.29 is 29.0 Å². The number of hydrogen-bond acceptors (Lipinski definition) is 6. The summed E-state index contributed by atoms with van der Waals surface area (Å²) < 4.78 is 4.85. The van der Waals surface area contributed by atoms with Crippen LogP contribution in [0, 0.1) is 0 Å². The van der Waals surface area contributed by atoms with Gasteiger partial charge in [0.05, 0.1) is 17.9 Å². The first-order valence-electron chi connectivity index (χ1n) is 8.96. The molecular formula is C18H24N4O6. The second-order valence-electron chi connectivity index (χ2n) is 6.27. The van der Waals surface area contributed by atoms with Gasteiger partial charge in [-0.2, -0.15) is 0 Å². The van der Waals surface area contributed by atoms with Crippen molar-refractivity contribution in [3.05, 3.63) is 29.8 Å². The van der Waals surface area contributed by atoms with Gasteiger partial charge in [-0.1, -0.05) is 0 Å². The number of hydrogen-bond donors (Lipinski definition) is 4. The summed E-state index contributed by atoms with van der Waals surface area (Å²) in [5.41, 5.74) is 5.85. The van der Waals surface area contributed by atoms with Crippen molar-refractivity contribution in [3.63, 3.8) is 0 Å². The first-order chi connectivity index (χ1) is 13.3. The standard InChI is InChI=1S/C18H24N4O6/c1-3-28-17(26)11(2)19-18(27)22-10-4-5-14(22)15(23)21-20-13-8-6-12(7-9-13)16(24)25/h6-9,11,14,20H,3-5,10H2,1-2H3,(H,19,27)(H,21,23)(H,24,25). The van der Waals surface area contributed by atoms with E-state index in [1.54, 1.807) is 6.92 Å². The van der Waals surface area contributed by atoms with Crippen LogP contribution in [0.15, 0.2) is 24.3 Å². The molecule has 1 aromatic carbocycles. The lowest BCUT2D eigenvalue weighted by atomic mass is 10.2. The maximum atomic E-state index is 12.4. The molecule has 10 heteroatoms. The molecule has 152 valence electrons.